The van der Waals surface area contributed by atoms with Crippen LogP contribution in [0.15, 0.2) is 72.8 Å². The van der Waals surface area contributed by atoms with Crippen LogP contribution in [0.2, 0.25) is 0 Å². The predicted octanol–water partition coefficient (Wildman–Crippen LogP) is 4.75. The molecule has 0 N–H and O–H groups in total. The number of benzene rings is 3. The molecule has 0 fully saturated rings. The van der Waals surface area contributed by atoms with Crippen molar-refractivity contribution in [1.82, 2.24) is 0 Å². The molecule has 0 saturated carbocycles. The number of cyclic esters (lactones) is 1. The summed E-state index contributed by atoms with van der Waals surface area (Å²) in [5.41, 5.74) is 3.55. The van der Waals surface area contributed by atoms with Gasteiger partial charge in [-0.05, 0) is 34.9 Å². The zero-order chi connectivity index (χ0) is 18.8. The maximum atomic E-state index is 12.6. The average molecular weight is 360 g/mol. The Hall–Kier alpha value is -3.27. The van der Waals surface area contributed by atoms with E-state index >= 15 is 0 Å². The van der Waals surface area contributed by atoms with Crippen molar-refractivity contribution in [3.05, 3.63) is 95.1 Å². The zero-order valence-electron chi connectivity index (χ0n) is 15.2. The highest BCUT2D eigenvalue weighted by molar-refractivity contribution is 5.93. The fraction of sp³-hybridized carbons (Fsp3) is 0.174. The van der Waals surface area contributed by atoms with E-state index in [0.29, 0.717) is 17.1 Å². The lowest BCUT2D eigenvalue weighted by Crippen LogP contribution is -2.27. The van der Waals surface area contributed by atoms with Gasteiger partial charge in [0, 0.05) is 0 Å². The smallest absolute Gasteiger partial charge is 0.339 e. The number of hydrogen-bond donors (Lipinski definition) is 0. The molecule has 3 aromatic rings. The molecule has 3 aromatic carbocycles. The minimum atomic E-state index is -0.449. The second kappa shape index (κ2) is 7.16. The van der Waals surface area contributed by atoms with Gasteiger partial charge < -0.3 is 14.2 Å². The topological polar surface area (TPSA) is 44.8 Å². The van der Waals surface area contributed by atoms with E-state index in [1.165, 1.54) is 0 Å². The fourth-order valence-corrected chi connectivity index (χ4v) is 3.67. The number of carbonyl (C=O) groups excluding carboxylic acids is 1. The zero-order valence-corrected chi connectivity index (χ0v) is 15.2. The monoisotopic (exact) mass is 360 g/mol. The van der Waals surface area contributed by atoms with E-state index in [2.05, 4.69) is 12.1 Å². The molecule has 0 radical (unpaired) electrons. The Labute approximate surface area is 158 Å². The van der Waals surface area contributed by atoms with Crippen LogP contribution in [0, 0.1) is 0 Å². The van der Waals surface area contributed by atoms with Crippen LogP contribution >= 0.6 is 0 Å². The number of esters is 1. The third-order valence-electron chi connectivity index (χ3n) is 4.95. The van der Waals surface area contributed by atoms with Crippen molar-refractivity contribution in [3.8, 4) is 11.5 Å². The molecule has 1 aliphatic rings. The molecule has 0 aliphatic carbocycles. The van der Waals surface area contributed by atoms with Crippen LogP contribution in [0.3, 0.4) is 0 Å². The summed E-state index contributed by atoms with van der Waals surface area (Å²) in [6.45, 7) is 0. The van der Waals surface area contributed by atoms with Crippen LogP contribution in [0.4, 0.5) is 0 Å². The molecule has 27 heavy (non-hydrogen) atoms. The van der Waals surface area contributed by atoms with Crippen LogP contribution in [0.1, 0.15) is 39.1 Å². The first kappa shape index (κ1) is 17.2. The maximum Gasteiger partial charge on any atom is 0.339 e. The first-order valence-electron chi connectivity index (χ1n) is 8.79. The summed E-state index contributed by atoms with van der Waals surface area (Å²) in [7, 11) is 3.19. The number of fused-ring (bicyclic) bond motifs is 1. The molecular weight excluding hydrogens is 340 g/mol. The van der Waals surface area contributed by atoms with Gasteiger partial charge in [-0.2, -0.15) is 0 Å². The van der Waals surface area contributed by atoms with Gasteiger partial charge in [-0.25, -0.2) is 4.79 Å². The fourth-order valence-electron chi connectivity index (χ4n) is 3.67. The van der Waals surface area contributed by atoms with Crippen molar-refractivity contribution in [2.24, 2.45) is 0 Å². The van der Waals surface area contributed by atoms with E-state index in [9.17, 15) is 4.79 Å². The van der Waals surface area contributed by atoms with Gasteiger partial charge in [0.05, 0.1) is 25.7 Å². The van der Waals surface area contributed by atoms with Crippen molar-refractivity contribution in [3.63, 3.8) is 0 Å². The summed E-state index contributed by atoms with van der Waals surface area (Å²) in [6, 6.07) is 23.4. The van der Waals surface area contributed by atoms with E-state index < -0.39 is 6.10 Å². The Kier molecular flexibility index (Phi) is 4.55. The molecule has 0 bridgehead atoms. The first-order chi connectivity index (χ1) is 13.2. The average Bonchev–Trinajstić information content (AvgIpc) is 2.73. The van der Waals surface area contributed by atoms with Gasteiger partial charge in [0.25, 0.3) is 0 Å². The molecule has 0 aromatic heterocycles. The SMILES string of the molecule is COc1ccc(C2OC(=O)c3ccccc3C2c2ccccc2)cc1OC. The highest BCUT2D eigenvalue weighted by Crippen LogP contribution is 2.46. The molecule has 1 aliphatic heterocycles. The summed E-state index contributed by atoms with van der Waals surface area (Å²) in [6.07, 6.45) is -0.449. The highest BCUT2D eigenvalue weighted by atomic mass is 16.5. The van der Waals surface area contributed by atoms with Crippen molar-refractivity contribution >= 4 is 5.97 Å². The van der Waals surface area contributed by atoms with E-state index in [0.717, 1.165) is 16.7 Å². The van der Waals surface area contributed by atoms with Crippen LogP contribution < -0.4 is 9.47 Å². The molecule has 0 spiro atoms. The minimum absolute atomic E-state index is 0.0989. The van der Waals surface area contributed by atoms with Crippen molar-refractivity contribution < 1.29 is 19.0 Å². The van der Waals surface area contributed by atoms with Gasteiger partial charge in [-0.3, -0.25) is 0 Å². The predicted molar refractivity (Wildman–Crippen MR) is 102 cm³/mol. The Bertz CT molecular complexity index is 965. The molecule has 0 saturated heterocycles. The summed E-state index contributed by atoms with van der Waals surface area (Å²) < 4.78 is 16.7. The van der Waals surface area contributed by atoms with E-state index in [-0.39, 0.29) is 11.9 Å². The number of rotatable bonds is 4. The van der Waals surface area contributed by atoms with Gasteiger partial charge in [-0.15, -0.1) is 0 Å². The van der Waals surface area contributed by atoms with Crippen LogP contribution in [0.5, 0.6) is 11.5 Å². The Morgan fingerprint density at radius 2 is 1.48 bits per heavy atom. The quantitative estimate of drug-likeness (QED) is 0.630. The maximum absolute atomic E-state index is 12.6. The highest BCUT2D eigenvalue weighted by Gasteiger charge is 2.37. The summed E-state index contributed by atoms with van der Waals surface area (Å²) >= 11 is 0. The second-order valence-electron chi connectivity index (χ2n) is 6.42. The van der Waals surface area contributed by atoms with E-state index in [1.54, 1.807) is 14.2 Å². The van der Waals surface area contributed by atoms with Gasteiger partial charge in [0.2, 0.25) is 0 Å². The van der Waals surface area contributed by atoms with Crippen molar-refractivity contribution in [2.75, 3.05) is 14.2 Å². The Balaban J connectivity index is 1.87. The molecule has 4 nitrogen and oxygen atoms in total. The molecule has 2 atom stereocenters. The summed E-state index contributed by atoms with van der Waals surface area (Å²) in [4.78, 5) is 12.6. The molecule has 2 unspecified atom stereocenters. The van der Waals surface area contributed by atoms with E-state index in [4.69, 9.17) is 14.2 Å². The molecular formula is C23H20O4. The molecule has 0 amide bonds. The molecule has 1 heterocycles. The summed E-state index contributed by atoms with van der Waals surface area (Å²) in [5, 5.41) is 0. The number of methoxy groups -OCH3 is 2. The standard InChI is InChI=1S/C23H20O4/c1-25-19-13-12-16(14-20(19)26-2)22-21(15-8-4-3-5-9-15)17-10-6-7-11-18(17)23(24)27-22/h3-14,21-22H,1-2H3. The molecule has 4 heteroatoms. The minimum Gasteiger partial charge on any atom is -0.493 e. The lowest BCUT2D eigenvalue weighted by atomic mass is 9.79. The molecule has 136 valence electrons. The first-order valence-corrected chi connectivity index (χ1v) is 8.79. The van der Waals surface area contributed by atoms with Gasteiger partial charge in [0.1, 0.15) is 6.10 Å². The lowest BCUT2D eigenvalue weighted by Gasteiger charge is -2.34. The Morgan fingerprint density at radius 1 is 0.778 bits per heavy atom. The summed E-state index contributed by atoms with van der Waals surface area (Å²) in [5.74, 6) is 0.840. The third kappa shape index (κ3) is 3.04. The lowest BCUT2D eigenvalue weighted by molar-refractivity contribution is 0.0204. The van der Waals surface area contributed by atoms with Crippen LogP contribution in [-0.4, -0.2) is 20.2 Å². The number of carbonyl (C=O) groups is 1. The van der Waals surface area contributed by atoms with E-state index in [1.807, 2.05) is 60.7 Å². The largest absolute Gasteiger partial charge is 0.493 e. The number of ether oxygens (including phenoxy) is 3. The number of hydrogen-bond acceptors (Lipinski definition) is 4. The van der Waals surface area contributed by atoms with Crippen molar-refractivity contribution in [2.45, 2.75) is 12.0 Å². The Morgan fingerprint density at radius 3 is 2.22 bits per heavy atom. The third-order valence-corrected chi connectivity index (χ3v) is 4.95. The second-order valence-corrected chi connectivity index (χ2v) is 6.42. The van der Waals surface area contributed by atoms with Crippen LogP contribution in [-0.2, 0) is 4.74 Å². The van der Waals surface area contributed by atoms with Gasteiger partial charge in [0.15, 0.2) is 11.5 Å². The van der Waals surface area contributed by atoms with Gasteiger partial charge >= 0.3 is 5.97 Å². The van der Waals surface area contributed by atoms with Gasteiger partial charge in [-0.1, -0.05) is 54.6 Å². The normalized spacial score (nSPS) is 18.4. The van der Waals surface area contributed by atoms with Crippen molar-refractivity contribution in [1.29, 1.82) is 0 Å². The van der Waals surface area contributed by atoms with Crippen LogP contribution in [0.25, 0.3) is 0 Å². The molecule has 4 rings (SSSR count).